The molecule has 0 radical (unpaired) electrons. The Morgan fingerprint density at radius 1 is 1.00 bits per heavy atom. The molecule has 2 fully saturated rings. The van der Waals surface area contributed by atoms with Gasteiger partial charge in [-0.3, -0.25) is 4.79 Å². The van der Waals surface area contributed by atoms with Crippen LogP contribution in [0.1, 0.15) is 67.6 Å². The Hall–Kier alpha value is -3.87. The van der Waals surface area contributed by atoms with E-state index in [2.05, 4.69) is 17.0 Å². The second-order valence-electron chi connectivity index (χ2n) is 9.95. The molecule has 1 aliphatic carbocycles. The van der Waals surface area contributed by atoms with Crippen LogP contribution in [0.3, 0.4) is 0 Å². The summed E-state index contributed by atoms with van der Waals surface area (Å²) in [6.07, 6.45) is 8.65. The van der Waals surface area contributed by atoms with E-state index in [0.29, 0.717) is 17.2 Å². The first-order chi connectivity index (χ1) is 18.1. The molecule has 0 amide bonds. The molecule has 6 rings (SSSR count). The van der Waals surface area contributed by atoms with Crippen LogP contribution in [0, 0.1) is 0 Å². The zero-order chi connectivity index (χ0) is 25.4. The third kappa shape index (κ3) is 4.54. The standard InChI is InChI=1S/C30H31N3O4/c1-2-36-30(35)24-19-33(23-13-14-25-28(17-23)37-29(31-25)21-7-3-4-8-21)26(18-27(24)34)20-9-11-22(12-10-20)32-15-5-6-16-32/h9-14,17-19,21H,2-8,15-16H2,1H3. The fourth-order valence-electron chi connectivity index (χ4n) is 5.58. The highest BCUT2D eigenvalue weighted by molar-refractivity contribution is 5.89. The van der Waals surface area contributed by atoms with Crippen molar-refractivity contribution < 1.29 is 13.9 Å². The normalized spacial score (nSPS) is 16.1. The van der Waals surface area contributed by atoms with Crippen molar-refractivity contribution in [1.82, 2.24) is 9.55 Å². The second kappa shape index (κ2) is 9.88. The highest BCUT2D eigenvalue weighted by Gasteiger charge is 2.23. The van der Waals surface area contributed by atoms with Crippen molar-refractivity contribution in [2.45, 2.75) is 51.4 Å². The number of carbonyl (C=O) groups is 1. The van der Waals surface area contributed by atoms with Gasteiger partial charge in [0.1, 0.15) is 11.1 Å². The molecule has 0 unspecified atom stereocenters. The molecule has 2 aromatic carbocycles. The molecule has 3 heterocycles. The molecule has 37 heavy (non-hydrogen) atoms. The summed E-state index contributed by atoms with van der Waals surface area (Å²) in [5.74, 6) is 0.555. The van der Waals surface area contributed by atoms with Crippen LogP contribution in [0.4, 0.5) is 5.69 Å². The van der Waals surface area contributed by atoms with Crippen molar-refractivity contribution in [3.05, 3.63) is 76.4 Å². The molecular weight excluding hydrogens is 466 g/mol. The first-order valence-electron chi connectivity index (χ1n) is 13.3. The predicted molar refractivity (Wildman–Crippen MR) is 144 cm³/mol. The molecule has 0 bridgehead atoms. The predicted octanol–water partition coefficient (Wildman–Crippen LogP) is 6.08. The fourth-order valence-corrected chi connectivity index (χ4v) is 5.58. The third-order valence-electron chi connectivity index (χ3n) is 7.55. The van der Waals surface area contributed by atoms with Crippen molar-refractivity contribution in [3.63, 3.8) is 0 Å². The molecule has 2 aliphatic rings. The molecular formula is C30H31N3O4. The first kappa shape index (κ1) is 23.5. The van der Waals surface area contributed by atoms with Gasteiger partial charge in [0.25, 0.3) is 0 Å². The van der Waals surface area contributed by atoms with Gasteiger partial charge in [0.15, 0.2) is 16.9 Å². The lowest BCUT2D eigenvalue weighted by Crippen LogP contribution is -2.20. The number of fused-ring (bicyclic) bond motifs is 1. The van der Waals surface area contributed by atoms with Crippen LogP contribution < -0.4 is 10.3 Å². The van der Waals surface area contributed by atoms with Crippen LogP contribution in [0.2, 0.25) is 0 Å². The summed E-state index contributed by atoms with van der Waals surface area (Å²) in [4.78, 5) is 32.7. The molecule has 4 aromatic rings. The molecule has 0 spiro atoms. The topological polar surface area (TPSA) is 77.6 Å². The molecule has 0 atom stereocenters. The molecule has 7 nitrogen and oxygen atoms in total. The zero-order valence-electron chi connectivity index (χ0n) is 21.1. The largest absolute Gasteiger partial charge is 0.462 e. The minimum atomic E-state index is -0.624. The Bertz CT molecular complexity index is 1490. The maximum atomic E-state index is 13.0. The molecule has 190 valence electrons. The fraction of sp³-hybridized carbons (Fsp3) is 0.367. The van der Waals surface area contributed by atoms with Crippen molar-refractivity contribution in [1.29, 1.82) is 0 Å². The number of nitrogens with zero attached hydrogens (tertiary/aromatic N) is 3. The van der Waals surface area contributed by atoms with Crippen LogP contribution in [0.25, 0.3) is 28.0 Å². The van der Waals surface area contributed by atoms with E-state index >= 15 is 0 Å². The van der Waals surface area contributed by atoms with E-state index < -0.39 is 5.97 Å². The molecule has 2 aromatic heterocycles. The van der Waals surface area contributed by atoms with Gasteiger partial charge in [-0.15, -0.1) is 0 Å². The number of aromatic nitrogens is 2. The van der Waals surface area contributed by atoms with E-state index in [1.165, 1.54) is 37.4 Å². The van der Waals surface area contributed by atoms with Gasteiger partial charge in [0.2, 0.25) is 0 Å². The van der Waals surface area contributed by atoms with Gasteiger partial charge in [-0.1, -0.05) is 25.0 Å². The maximum Gasteiger partial charge on any atom is 0.343 e. The molecule has 7 heteroatoms. The summed E-state index contributed by atoms with van der Waals surface area (Å²) in [5.41, 5.74) is 4.70. The summed E-state index contributed by atoms with van der Waals surface area (Å²) in [7, 11) is 0. The Balaban J connectivity index is 1.45. The van der Waals surface area contributed by atoms with Gasteiger partial charge in [-0.25, -0.2) is 9.78 Å². The number of rotatable bonds is 6. The first-order valence-corrected chi connectivity index (χ1v) is 13.3. The summed E-state index contributed by atoms with van der Waals surface area (Å²) in [5, 5.41) is 0. The highest BCUT2D eigenvalue weighted by Crippen LogP contribution is 2.35. The van der Waals surface area contributed by atoms with Crippen LogP contribution in [-0.2, 0) is 4.74 Å². The van der Waals surface area contributed by atoms with E-state index in [1.54, 1.807) is 13.1 Å². The number of ether oxygens (including phenoxy) is 1. The smallest absolute Gasteiger partial charge is 0.343 e. The average molecular weight is 498 g/mol. The van der Waals surface area contributed by atoms with Gasteiger partial charge in [0.05, 0.1) is 12.3 Å². The van der Waals surface area contributed by atoms with Crippen molar-refractivity contribution in [2.24, 2.45) is 0 Å². The molecule has 0 N–H and O–H groups in total. The Morgan fingerprint density at radius 3 is 2.46 bits per heavy atom. The zero-order valence-corrected chi connectivity index (χ0v) is 21.1. The van der Waals surface area contributed by atoms with Crippen LogP contribution in [0.15, 0.2) is 63.9 Å². The van der Waals surface area contributed by atoms with E-state index in [1.807, 2.05) is 34.9 Å². The minimum Gasteiger partial charge on any atom is -0.462 e. The van der Waals surface area contributed by atoms with E-state index in [9.17, 15) is 9.59 Å². The number of hydrogen-bond acceptors (Lipinski definition) is 6. The number of hydrogen-bond donors (Lipinski definition) is 0. The van der Waals surface area contributed by atoms with E-state index in [0.717, 1.165) is 48.6 Å². The molecule has 1 aliphatic heterocycles. The number of oxazole rings is 1. The Kier molecular flexibility index (Phi) is 6.28. The highest BCUT2D eigenvalue weighted by atomic mass is 16.5. The minimum absolute atomic E-state index is 0.00333. The summed E-state index contributed by atoms with van der Waals surface area (Å²) >= 11 is 0. The van der Waals surface area contributed by atoms with E-state index in [4.69, 9.17) is 14.1 Å². The lowest BCUT2D eigenvalue weighted by Gasteiger charge is -2.19. The van der Waals surface area contributed by atoms with Crippen LogP contribution >= 0.6 is 0 Å². The number of anilines is 1. The van der Waals surface area contributed by atoms with Gasteiger partial charge < -0.3 is 18.6 Å². The summed E-state index contributed by atoms with van der Waals surface area (Å²) in [6.45, 7) is 4.06. The maximum absolute atomic E-state index is 13.0. The second-order valence-corrected chi connectivity index (χ2v) is 9.95. The SMILES string of the molecule is CCOC(=O)c1cn(-c2ccc3nc(C4CCCC4)oc3c2)c(-c2ccc(N3CCCC3)cc2)cc1=O. The van der Waals surface area contributed by atoms with E-state index in [-0.39, 0.29) is 17.6 Å². The molecule has 1 saturated heterocycles. The number of carbonyl (C=O) groups excluding carboxylic acids is 1. The third-order valence-corrected chi connectivity index (χ3v) is 7.55. The summed E-state index contributed by atoms with van der Waals surface area (Å²) < 4.78 is 13.2. The number of pyridine rings is 1. The quantitative estimate of drug-likeness (QED) is 0.301. The van der Waals surface area contributed by atoms with Gasteiger partial charge in [0, 0.05) is 48.7 Å². The lowest BCUT2D eigenvalue weighted by molar-refractivity contribution is 0.0524. The van der Waals surface area contributed by atoms with Gasteiger partial charge in [-0.05, 0) is 62.4 Å². The number of esters is 1. The van der Waals surface area contributed by atoms with Crippen molar-refractivity contribution in [2.75, 3.05) is 24.6 Å². The van der Waals surface area contributed by atoms with Gasteiger partial charge in [-0.2, -0.15) is 0 Å². The van der Waals surface area contributed by atoms with Gasteiger partial charge >= 0.3 is 5.97 Å². The number of benzene rings is 2. The average Bonchev–Trinajstić information content (AvgIpc) is 3.70. The Morgan fingerprint density at radius 2 is 1.73 bits per heavy atom. The summed E-state index contributed by atoms with van der Waals surface area (Å²) in [6, 6.07) is 15.6. The van der Waals surface area contributed by atoms with Crippen molar-refractivity contribution in [3.8, 4) is 16.9 Å². The lowest BCUT2D eigenvalue weighted by atomic mass is 10.1. The van der Waals surface area contributed by atoms with Crippen LogP contribution in [-0.4, -0.2) is 35.2 Å². The van der Waals surface area contributed by atoms with Crippen molar-refractivity contribution >= 4 is 22.8 Å². The Labute approximate surface area is 215 Å². The van der Waals surface area contributed by atoms with Crippen LogP contribution in [0.5, 0.6) is 0 Å². The molecule has 1 saturated carbocycles. The monoisotopic (exact) mass is 497 g/mol.